The molecule has 1 saturated heterocycles. The number of hydrogen-bond acceptors (Lipinski definition) is 4. The zero-order valence-corrected chi connectivity index (χ0v) is 13.0. The fraction of sp³-hybridized carbons (Fsp3) is 0.556. The van der Waals surface area contributed by atoms with Crippen molar-refractivity contribution in [1.82, 2.24) is 5.32 Å². The smallest absolute Gasteiger partial charge is 0.165 e. The molecule has 1 N–H and O–H groups in total. The summed E-state index contributed by atoms with van der Waals surface area (Å²) in [6.45, 7) is 1.04. The highest BCUT2D eigenvalue weighted by atomic mass is 16.6. The quantitative estimate of drug-likeness (QED) is 0.846. The Morgan fingerprint density at radius 3 is 3.00 bits per heavy atom. The summed E-state index contributed by atoms with van der Waals surface area (Å²) in [6, 6.07) is 4.77. The molecule has 1 aromatic carbocycles. The van der Waals surface area contributed by atoms with Gasteiger partial charge in [-0.25, -0.2) is 0 Å². The molecule has 1 spiro atoms. The van der Waals surface area contributed by atoms with Gasteiger partial charge in [0.05, 0.1) is 7.11 Å². The Labute approximate surface area is 130 Å². The summed E-state index contributed by atoms with van der Waals surface area (Å²) in [5.41, 5.74) is 2.85. The molecule has 1 aromatic rings. The molecule has 2 heterocycles. The molecule has 5 rings (SSSR count). The van der Waals surface area contributed by atoms with Crippen LogP contribution in [0.1, 0.15) is 17.5 Å². The lowest BCUT2D eigenvalue weighted by atomic mass is 9.53. The van der Waals surface area contributed by atoms with E-state index in [-0.39, 0.29) is 17.6 Å². The molecular weight excluding hydrogens is 278 g/mol. The van der Waals surface area contributed by atoms with Crippen LogP contribution in [0.2, 0.25) is 0 Å². The van der Waals surface area contributed by atoms with E-state index in [1.54, 1.807) is 14.2 Å². The van der Waals surface area contributed by atoms with Gasteiger partial charge in [-0.2, -0.15) is 0 Å². The molecule has 0 radical (unpaired) electrons. The van der Waals surface area contributed by atoms with E-state index < -0.39 is 0 Å². The molecular formula is C18H21NO3. The second-order valence-corrected chi connectivity index (χ2v) is 6.84. The van der Waals surface area contributed by atoms with E-state index >= 15 is 0 Å². The van der Waals surface area contributed by atoms with Crippen molar-refractivity contribution in [2.24, 2.45) is 5.92 Å². The minimum absolute atomic E-state index is 0.0121. The van der Waals surface area contributed by atoms with Crippen molar-refractivity contribution in [3.63, 3.8) is 0 Å². The van der Waals surface area contributed by atoms with Crippen molar-refractivity contribution in [2.75, 3.05) is 20.8 Å². The molecule has 5 atom stereocenters. The van der Waals surface area contributed by atoms with Crippen LogP contribution in [0, 0.1) is 5.92 Å². The maximum absolute atomic E-state index is 6.48. The van der Waals surface area contributed by atoms with Gasteiger partial charge in [0.25, 0.3) is 0 Å². The van der Waals surface area contributed by atoms with Gasteiger partial charge in [-0.1, -0.05) is 18.2 Å². The Morgan fingerprint density at radius 1 is 1.27 bits per heavy atom. The van der Waals surface area contributed by atoms with Crippen LogP contribution in [0.15, 0.2) is 24.3 Å². The molecule has 0 aromatic heterocycles. The third-order valence-corrected chi connectivity index (χ3v) is 6.14. The first-order chi connectivity index (χ1) is 10.8. The second-order valence-electron chi connectivity index (χ2n) is 6.84. The second kappa shape index (κ2) is 4.27. The standard InChI is InChI=1S/C18H21NO3/c1-20-13-5-3-10-9-12-11-4-6-14(21-2)17-18(11,7-8-19-12)15(10)16(13)22-17/h3-6,11-12,14,17,19H,7-9H2,1-2H3/t11?,12?,14?,17?,18-/m0/s1. The Kier molecular flexibility index (Phi) is 2.52. The Balaban J connectivity index is 1.81. The molecule has 22 heavy (non-hydrogen) atoms. The number of ether oxygens (including phenoxy) is 3. The third kappa shape index (κ3) is 1.32. The van der Waals surface area contributed by atoms with E-state index in [9.17, 15) is 0 Å². The third-order valence-electron chi connectivity index (χ3n) is 6.14. The number of methoxy groups -OCH3 is 2. The predicted octanol–water partition coefficient (Wildman–Crippen LogP) is 1.81. The van der Waals surface area contributed by atoms with Crippen molar-refractivity contribution >= 4 is 0 Å². The minimum Gasteiger partial charge on any atom is -0.493 e. The number of hydrogen-bond donors (Lipinski definition) is 1. The average molecular weight is 299 g/mol. The zero-order valence-electron chi connectivity index (χ0n) is 13.0. The fourth-order valence-electron chi connectivity index (χ4n) is 5.31. The number of benzene rings is 1. The van der Waals surface area contributed by atoms with Crippen LogP contribution >= 0.6 is 0 Å². The summed E-state index contributed by atoms with van der Waals surface area (Å²) in [5.74, 6) is 2.30. The van der Waals surface area contributed by atoms with Gasteiger partial charge in [-0.15, -0.1) is 0 Å². The topological polar surface area (TPSA) is 39.7 Å². The van der Waals surface area contributed by atoms with E-state index in [2.05, 4.69) is 23.5 Å². The van der Waals surface area contributed by atoms with Crippen LogP contribution in [0.25, 0.3) is 0 Å². The molecule has 2 aliphatic heterocycles. The maximum atomic E-state index is 6.48. The van der Waals surface area contributed by atoms with E-state index in [4.69, 9.17) is 14.2 Å². The minimum atomic E-state index is 0.0121. The summed E-state index contributed by atoms with van der Waals surface area (Å²) in [6.07, 6.45) is 6.78. The van der Waals surface area contributed by atoms with Crippen LogP contribution in [-0.2, 0) is 16.6 Å². The highest BCUT2D eigenvalue weighted by Crippen LogP contribution is 2.61. The number of rotatable bonds is 2. The first kappa shape index (κ1) is 13.0. The fourth-order valence-corrected chi connectivity index (χ4v) is 5.31. The van der Waals surface area contributed by atoms with Crippen molar-refractivity contribution in [3.05, 3.63) is 35.4 Å². The maximum Gasteiger partial charge on any atom is 0.165 e. The average Bonchev–Trinajstić information content (AvgIpc) is 2.88. The highest BCUT2D eigenvalue weighted by Gasteiger charge is 2.63. The van der Waals surface area contributed by atoms with Gasteiger partial charge in [0.15, 0.2) is 11.5 Å². The largest absolute Gasteiger partial charge is 0.493 e. The van der Waals surface area contributed by atoms with Gasteiger partial charge < -0.3 is 19.5 Å². The Bertz CT molecular complexity index is 671. The monoisotopic (exact) mass is 299 g/mol. The molecule has 4 unspecified atom stereocenters. The molecule has 2 bridgehead atoms. The molecule has 1 fully saturated rings. The SMILES string of the molecule is COc1ccc2c3c1OC1C(OC)C=CC4C(C2)NCC[C@@]341. The van der Waals surface area contributed by atoms with Crippen molar-refractivity contribution in [2.45, 2.75) is 36.5 Å². The van der Waals surface area contributed by atoms with E-state index in [1.807, 2.05) is 6.07 Å². The molecule has 4 nitrogen and oxygen atoms in total. The van der Waals surface area contributed by atoms with E-state index in [1.165, 1.54) is 11.1 Å². The molecule has 2 aliphatic carbocycles. The molecule has 0 saturated carbocycles. The summed E-state index contributed by atoms with van der Waals surface area (Å²) in [4.78, 5) is 0. The zero-order chi connectivity index (χ0) is 14.9. The molecule has 4 heteroatoms. The summed E-state index contributed by atoms with van der Waals surface area (Å²) < 4.78 is 17.8. The van der Waals surface area contributed by atoms with Crippen LogP contribution in [0.3, 0.4) is 0 Å². The van der Waals surface area contributed by atoms with Crippen LogP contribution < -0.4 is 14.8 Å². The van der Waals surface area contributed by atoms with Gasteiger partial charge >= 0.3 is 0 Å². The van der Waals surface area contributed by atoms with Crippen LogP contribution in [-0.4, -0.2) is 39.0 Å². The normalized spacial score (nSPS) is 40.1. The van der Waals surface area contributed by atoms with Crippen molar-refractivity contribution in [1.29, 1.82) is 0 Å². The van der Waals surface area contributed by atoms with Gasteiger partial charge in [0, 0.05) is 30.0 Å². The number of nitrogens with one attached hydrogen (secondary N) is 1. The predicted molar refractivity (Wildman–Crippen MR) is 82.6 cm³/mol. The first-order valence-electron chi connectivity index (χ1n) is 8.11. The summed E-state index contributed by atoms with van der Waals surface area (Å²) in [7, 11) is 3.50. The van der Waals surface area contributed by atoms with Crippen molar-refractivity contribution < 1.29 is 14.2 Å². The van der Waals surface area contributed by atoms with E-state index in [0.29, 0.717) is 12.0 Å². The van der Waals surface area contributed by atoms with E-state index in [0.717, 1.165) is 30.9 Å². The summed E-state index contributed by atoms with van der Waals surface area (Å²) in [5, 5.41) is 3.71. The molecule has 4 aliphatic rings. The first-order valence-corrected chi connectivity index (χ1v) is 8.11. The van der Waals surface area contributed by atoms with Gasteiger partial charge in [0.2, 0.25) is 0 Å². The van der Waals surface area contributed by atoms with Gasteiger partial charge in [0.1, 0.15) is 12.2 Å². The molecule has 116 valence electrons. The van der Waals surface area contributed by atoms with Crippen molar-refractivity contribution in [3.8, 4) is 11.5 Å². The Morgan fingerprint density at radius 2 is 2.18 bits per heavy atom. The Hall–Kier alpha value is -1.52. The van der Waals surface area contributed by atoms with Gasteiger partial charge in [-0.05, 0) is 31.0 Å². The van der Waals surface area contributed by atoms with Gasteiger partial charge in [-0.3, -0.25) is 0 Å². The molecule has 0 amide bonds. The summed E-state index contributed by atoms with van der Waals surface area (Å²) >= 11 is 0. The lowest BCUT2D eigenvalue weighted by molar-refractivity contribution is -0.0362. The lowest BCUT2D eigenvalue weighted by Crippen LogP contribution is -2.64. The van der Waals surface area contributed by atoms with Crippen LogP contribution in [0.4, 0.5) is 0 Å². The highest BCUT2D eigenvalue weighted by molar-refractivity contribution is 5.62. The van der Waals surface area contributed by atoms with Crippen LogP contribution in [0.5, 0.6) is 11.5 Å². The lowest BCUT2D eigenvalue weighted by Gasteiger charge is -2.54. The number of piperidine rings is 1.